The van der Waals surface area contributed by atoms with Crippen molar-refractivity contribution < 1.29 is 8.42 Å². The molecule has 130 valence electrons. The van der Waals surface area contributed by atoms with Crippen LogP contribution in [0.15, 0.2) is 64.2 Å². The Labute approximate surface area is 161 Å². The van der Waals surface area contributed by atoms with Crippen LogP contribution in [0.1, 0.15) is 15.3 Å². The Morgan fingerprint density at radius 3 is 1.88 bits per heavy atom. The standard InChI is InChI=1S/C20H15NO2S3/c1-16-6-12-20(13-7-16)26(22,23)21-17(8-10-18-4-2-14-24-18)9-11-19-5-3-15-25-19/h2-7,12-15,17,21H,1H3. The average Bonchev–Trinajstić information content (AvgIpc) is 3.31. The molecule has 2 aromatic heterocycles. The third-order valence-electron chi connectivity index (χ3n) is 3.33. The Bertz CT molecular complexity index is 1020. The summed E-state index contributed by atoms with van der Waals surface area (Å²) in [7, 11) is -3.71. The molecule has 0 radical (unpaired) electrons. The topological polar surface area (TPSA) is 46.2 Å². The third kappa shape index (κ3) is 5.08. The maximum absolute atomic E-state index is 12.6. The van der Waals surface area contributed by atoms with Gasteiger partial charge in [-0.05, 0) is 41.9 Å². The minimum absolute atomic E-state index is 0.198. The summed E-state index contributed by atoms with van der Waals surface area (Å²) >= 11 is 3.00. The molecule has 0 bridgehead atoms. The second-order valence-corrected chi connectivity index (χ2v) is 8.97. The lowest BCUT2D eigenvalue weighted by Gasteiger charge is -2.09. The number of thiophene rings is 2. The van der Waals surface area contributed by atoms with E-state index in [0.717, 1.165) is 15.3 Å². The zero-order chi connectivity index (χ0) is 18.4. The lowest BCUT2D eigenvalue weighted by Crippen LogP contribution is -2.32. The van der Waals surface area contributed by atoms with E-state index in [1.54, 1.807) is 24.3 Å². The molecule has 0 amide bonds. The number of benzene rings is 1. The van der Waals surface area contributed by atoms with E-state index in [4.69, 9.17) is 0 Å². The molecule has 3 rings (SSSR count). The van der Waals surface area contributed by atoms with E-state index in [-0.39, 0.29) is 4.90 Å². The summed E-state index contributed by atoms with van der Waals surface area (Å²) in [5, 5.41) is 3.85. The van der Waals surface area contributed by atoms with Gasteiger partial charge >= 0.3 is 0 Å². The van der Waals surface area contributed by atoms with Gasteiger partial charge in [-0.2, -0.15) is 4.72 Å². The van der Waals surface area contributed by atoms with E-state index in [1.807, 2.05) is 41.9 Å². The van der Waals surface area contributed by atoms with Crippen LogP contribution in [-0.2, 0) is 10.0 Å². The smallest absolute Gasteiger partial charge is 0.207 e. The van der Waals surface area contributed by atoms with Gasteiger partial charge < -0.3 is 0 Å². The second-order valence-electron chi connectivity index (χ2n) is 5.36. The fourth-order valence-electron chi connectivity index (χ4n) is 2.02. The van der Waals surface area contributed by atoms with Crippen LogP contribution in [0.2, 0.25) is 0 Å². The van der Waals surface area contributed by atoms with Crippen LogP contribution < -0.4 is 4.72 Å². The Morgan fingerprint density at radius 2 is 1.42 bits per heavy atom. The summed E-state index contributed by atoms with van der Waals surface area (Å²) < 4.78 is 27.9. The summed E-state index contributed by atoms with van der Waals surface area (Å²) in [6.07, 6.45) is 0. The van der Waals surface area contributed by atoms with Crippen molar-refractivity contribution in [3.05, 3.63) is 74.6 Å². The predicted octanol–water partition coefficient (Wildman–Crippen LogP) is 3.87. The molecule has 0 saturated heterocycles. The summed E-state index contributed by atoms with van der Waals surface area (Å²) in [5.41, 5.74) is 0.996. The molecule has 3 aromatic rings. The normalized spacial score (nSPS) is 10.7. The lowest BCUT2D eigenvalue weighted by atomic mass is 10.2. The molecule has 26 heavy (non-hydrogen) atoms. The van der Waals surface area contributed by atoms with Crippen LogP contribution in [-0.4, -0.2) is 14.5 Å². The first-order valence-corrected chi connectivity index (χ1v) is 11.0. The highest BCUT2D eigenvalue weighted by Gasteiger charge is 2.17. The van der Waals surface area contributed by atoms with E-state index in [1.165, 1.54) is 22.7 Å². The first kappa shape index (κ1) is 18.4. The molecule has 6 heteroatoms. The van der Waals surface area contributed by atoms with Gasteiger partial charge in [0.2, 0.25) is 10.0 Å². The van der Waals surface area contributed by atoms with Gasteiger partial charge in [-0.3, -0.25) is 0 Å². The zero-order valence-corrected chi connectivity index (χ0v) is 16.3. The Hall–Kier alpha value is -2.35. The maximum atomic E-state index is 12.6. The van der Waals surface area contributed by atoms with Crippen LogP contribution >= 0.6 is 22.7 Å². The van der Waals surface area contributed by atoms with Crippen LogP contribution in [0.25, 0.3) is 0 Å². The molecule has 0 atom stereocenters. The van der Waals surface area contributed by atoms with Gasteiger partial charge in [0, 0.05) is 0 Å². The van der Waals surface area contributed by atoms with E-state index in [9.17, 15) is 8.42 Å². The molecule has 3 nitrogen and oxygen atoms in total. The summed E-state index contributed by atoms with van der Waals surface area (Å²) in [6, 6.07) is 13.4. The first-order valence-electron chi connectivity index (χ1n) is 7.72. The van der Waals surface area contributed by atoms with Crippen LogP contribution in [0.4, 0.5) is 0 Å². The lowest BCUT2D eigenvalue weighted by molar-refractivity contribution is 0.582. The number of rotatable bonds is 3. The molecule has 0 saturated carbocycles. The van der Waals surface area contributed by atoms with Crippen molar-refractivity contribution in [1.82, 2.24) is 4.72 Å². The number of aryl methyl sites for hydroxylation is 1. The van der Waals surface area contributed by atoms with E-state index in [0.29, 0.717) is 0 Å². The fraction of sp³-hybridized carbons (Fsp3) is 0.100. The minimum Gasteiger partial charge on any atom is -0.207 e. The highest BCUT2D eigenvalue weighted by molar-refractivity contribution is 7.89. The molecule has 0 fully saturated rings. The number of hydrogen-bond acceptors (Lipinski definition) is 4. The van der Waals surface area contributed by atoms with Gasteiger partial charge in [-0.1, -0.05) is 53.5 Å². The molecular formula is C20H15NO2S3. The highest BCUT2D eigenvalue weighted by atomic mass is 32.2. The zero-order valence-electron chi connectivity index (χ0n) is 13.9. The predicted molar refractivity (Wildman–Crippen MR) is 108 cm³/mol. The third-order valence-corrected chi connectivity index (χ3v) is 6.34. The van der Waals surface area contributed by atoms with Crippen molar-refractivity contribution in [2.45, 2.75) is 17.9 Å². The second kappa shape index (κ2) is 8.35. The van der Waals surface area contributed by atoms with Crippen molar-refractivity contribution in [2.75, 3.05) is 0 Å². The van der Waals surface area contributed by atoms with Gasteiger partial charge in [0.25, 0.3) is 0 Å². The van der Waals surface area contributed by atoms with Crippen LogP contribution in [0.5, 0.6) is 0 Å². The SMILES string of the molecule is Cc1ccc(S(=O)(=O)NC(C#Cc2cccs2)C#Cc2cccs2)cc1. The van der Waals surface area contributed by atoms with Gasteiger partial charge in [0.1, 0.15) is 6.04 Å². The Kier molecular flexibility index (Phi) is 5.92. The highest BCUT2D eigenvalue weighted by Crippen LogP contribution is 2.11. The molecule has 1 aromatic carbocycles. The van der Waals surface area contributed by atoms with Crippen molar-refractivity contribution in [1.29, 1.82) is 0 Å². The first-order chi connectivity index (χ1) is 12.5. The van der Waals surface area contributed by atoms with Gasteiger partial charge in [-0.15, -0.1) is 22.7 Å². The number of sulfonamides is 1. The van der Waals surface area contributed by atoms with E-state index in [2.05, 4.69) is 28.4 Å². The monoisotopic (exact) mass is 397 g/mol. The molecule has 2 heterocycles. The van der Waals surface area contributed by atoms with Crippen LogP contribution in [0.3, 0.4) is 0 Å². The summed E-state index contributed by atoms with van der Waals surface area (Å²) in [6.45, 7) is 1.91. The summed E-state index contributed by atoms with van der Waals surface area (Å²) in [5.74, 6) is 11.8. The molecule has 0 aliphatic rings. The van der Waals surface area contributed by atoms with Crippen LogP contribution in [0, 0.1) is 30.6 Å². The van der Waals surface area contributed by atoms with Crippen molar-refractivity contribution >= 4 is 32.7 Å². The molecule has 0 unspecified atom stereocenters. The quantitative estimate of drug-likeness (QED) is 0.682. The largest absolute Gasteiger partial charge is 0.242 e. The van der Waals surface area contributed by atoms with Gasteiger partial charge in [0.05, 0.1) is 14.6 Å². The molecular weight excluding hydrogens is 382 g/mol. The maximum Gasteiger partial charge on any atom is 0.242 e. The van der Waals surface area contributed by atoms with E-state index < -0.39 is 16.1 Å². The van der Waals surface area contributed by atoms with Gasteiger partial charge in [0.15, 0.2) is 0 Å². The van der Waals surface area contributed by atoms with Crippen molar-refractivity contribution in [3.63, 3.8) is 0 Å². The molecule has 0 spiro atoms. The number of hydrogen-bond donors (Lipinski definition) is 1. The summed E-state index contributed by atoms with van der Waals surface area (Å²) in [4.78, 5) is 1.92. The molecule has 1 N–H and O–H groups in total. The molecule has 0 aliphatic carbocycles. The van der Waals surface area contributed by atoms with E-state index >= 15 is 0 Å². The Morgan fingerprint density at radius 1 is 0.885 bits per heavy atom. The van der Waals surface area contributed by atoms with Crippen molar-refractivity contribution in [2.24, 2.45) is 0 Å². The minimum atomic E-state index is -3.71. The van der Waals surface area contributed by atoms with Crippen molar-refractivity contribution in [3.8, 4) is 23.7 Å². The van der Waals surface area contributed by atoms with Gasteiger partial charge in [-0.25, -0.2) is 8.42 Å². The molecule has 0 aliphatic heterocycles. The number of nitrogens with one attached hydrogen (secondary N) is 1. The Balaban J connectivity index is 1.88. The average molecular weight is 398 g/mol. The fourth-order valence-corrected chi connectivity index (χ4v) is 4.24.